The molecule has 0 radical (unpaired) electrons. The van der Waals surface area contributed by atoms with Gasteiger partial charge < -0.3 is 14.8 Å². The van der Waals surface area contributed by atoms with E-state index >= 15 is 0 Å². The summed E-state index contributed by atoms with van der Waals surface area (Å²) in [5, 5.41) is 3.69. The summed E-state index contributed by atoms with van der Waals surface area (Å²) in [7, 11) is 0. The lowest BCUT2D eigenvalue weighted by Gasteiger charge is -2.05. The molecular formula is C20H17FN2O3S. The lowest BCUT2D eigenvalue weighted by Crippen LogP contribution is -2.25. The summed E-state index contributed by atoms with van der Waals surface area (Å²) in [6.07, 6.45) is 0.662. The van der Waals surface area contributed by atoms with E-state index in [1.54, 1.807) is 24.3 Å². The Labute approximate surface area is 159 Å². The number of fused-ring (bicyclic) bond motifs is 1. The molecule has 1 aromatic heterocycles. The van der Waals surface area contributed by atoms with Crippen LogP contribution in [-0.4, -0.2) is 24.2 Å². The molecule has 7 heteroatoms. The predicted octanol–water partition coefficient (Wildman–Crippen LogP) is 3.96. The molecule has 0 bridgehead atoms. The van der Waals surface area contributed by atoms with Gasteiger partial charge in [-0.25, -0.2) is 9.37 Å². The minimum Gasteiger partial charge on any atom is -0.454 e. The predicted molar refractivity (Wildman–Crippen MR) is 101 cm³/mol. The summed E-state index contributed by atoms with van der Waals surface area (Å²) >= 11 is 1.52. The quantitative estimate of drug-likeness (QED) is 0.723. The number of carbonyl (C=O) groups excluding carboxylic acids is 1. The van der Waals surface area contributed by atoms with Crippen molar-refractivity contribution in [3.05, 3.63) is 64.4 Å². The van der Waals surface area contributed by atoms with Gasteiger partial charge >= 0.3 is 0 Å². The van der Waals surface area contributed by atoms with Crippen molar-refractivity contribution < 1.29 is 18.7 Å². The monoisotopic (exact) mass is 384 g/mol. The SMILES string of the molecule is Cc1nc(-c2cccc(F)c2)sc1CCNC(=O)c1ccc2c(c1)OCO2. The molecule has 5 nitrogen and oxygen atoms in total. The number of ether oxygens (including phenoxy) is 2. The van der Waals surface area contributed by atoms with E-state index in [1.807, 2.05) is 13.0 Å². The van der Waals surface area contributed by atoms with Gasteiger partial charge in [0.2, 0.25) is 6.79 Å². The molecule has 0 saturated heterocycles. The molecule has 138 valence electrons. The summed E-state index contributed by atoms with van der Waals surface area (Å²) < 4.78 is 24.0. The number of amides is 1. The molecule has 0 unspecified atom stereocenters. The van der Waals surface area contributed by atoms with Crippen LogP contribution in [0, 0.1) is 12.7 Å². The Hall–Kier alpha value is -2.93. The van der Waals surface area contributed by atoms with Crippen LogP contribution < -0.4 is 14.8 Å². The molecule has 0 spiro atoms. The number of aryl methyl sites for hydroxylation is 1. The number of hydrogen-bond donors (Lipinski definition) is 1. The highest BCUT2D eigenvalue weighted by molar-refractivity contribution is 7.15. The molecule has 0 aliphatic carbocycles. The van der Waals surface area contributed by atoms with Gasteiger partial charge in [0.1, 0.15) is 10.8 Å². The fourth-order valence-corrected chi connectivity index (χ4v) is 3.89. The van der Waals surface area contributed by atoms with Gasteiger partial charge in [-0.05, 0) is 37.3 Å². The lowest BCUT2D eigenvalue weighted by atomic mass is 10.2. The van der Waals surface area contributed by atoms with Crippen LogP contribution in [0.25, 0.3) is 10.6 Å². The third kappa shape index (κ3) is 3.78. The number of carbonyl (C=O) groups is 1. The maximum Gasteiger partial charge on any atom is 0.251 e. The second-order valence-electron chi connectivity index (χ2n) is 6.11. The van der Waals surface area contributed by atoms with Gasteiger partial charge in [0.15, 0.2) is 11.5 Å². The topological polar surface area (TPSA) is 60.5 Å². The van der Waals surface area contributed by atoms with Crippen LogP contribution in [0.5, 0.6) is 11.5 Å². The van der Waals surface area contributed by atoms with Crippen LogP contribution in [0.2, 0.25) is 0 Å². The van der Waals surface area contributed by atoms with Crippen molar-refractivity contribution in [2.45, 2.75) is 13.3 Å². The number of nitrogens with zero attached hydrogens (tertiary/aromatic N) is 1. The van der Waals surface area contributed by atoms with Crippen molar-refractivity contribution in [1.29, 1.82) is 0 Å². The molecule has 2 aromatic carbocycles. The zero-order chi connectivity index (χ0) is 18.8. The molecule has 1 amide bonds. The molecule has 0 atom stereocenters. The van der Waals surface area contributed by atoms with E-state index in [9.17, 15) is 9.18 Å². The second-order valence-corrected chi connectivity index (χ2v) is 7.20. The molecule has 3 aromatic rings. The highest BCUT2D eigenvalue weighted by Gasteiger charge is 2.16. The summed E-state index contributed by atoms with van der Waals surface area (Å²) in [6, 6.07) is 11.5. The summed E-state index contributed by atoms with van der Waals surface area (Å²) in [5.41, 5.74) is 2.19. The number of rotatable bonds is 5. The van der Waals surface area contributed by atoms with Crippen molar-refractivity contribution in [3.8, 4) is 22.1 Å². The van der Waals surface area contributed by atoms with Gasteiger partial charge in [0, 0.05) is 29.0 Å². The average molecular weight is 384 g/mol. The van der Waals surface area contributed by atoms with Gasteiger partial charge in [-0.3, -0.25) is 4.79 Å². The van der Waals surface area contributed by atoms with Crippen LogP contribution in [0.1, 0.15) is 20.9 Å². The molecular weight excluding hydrogens is 367 g/mol. The molecule has 1 aliphatic rings. The normalized spacial score (nSPS) is 12.2. The fourth-order valence-electron chi connectivity index (χ4n) is 2.83. The molecule has 27 heavy (non-hydrogen) atoms. The van der Waals surface area contributed by atoms with Gasteiger partial charge in [0.05, 0.1) is 5.69 Å². The first kappa shape index (κ1) is 17.5. The third-order valence-electron chi connectivity index (χ3n) is 4.24. The molecule has 1 aliphatic heterocycles. The fraction of sp³-hybridized carbons (Fsp3) is 0.200. The van der Waals surface area contributed by atoms with Crippen molar-refractivity contribution >= 4 is 17.2 Å². The van der Waals surface area contributed by atoms with Crippen LogP contribution >= 0.6 is 11.3 Å². The Morgan fingerprint density at radius 1 is 1.22 bits per heavy atom. The first-order valence-electron chi connectivity index (χ1n) is 8.50. The Balaban J connectivity index is 1.38. The van der Waals surface area contributed by atoms with Crippen molar-refractivity contribution in [2.24, 2.45) is 0 Å². The Morgan fingerprint density at radius 2 is 2.07 bits per heavy atom. The van der Waals surface area contributed by atoms with Crippen LogP contribution in [0.3, 0.4) is 0 Å². The lowest BCUT2D eigenvalue weighted by molar-refractivity contribution is 0.0953. The highest BCUT2D eigenvalue weighted by atomic mass is 32.1. The van der Waals surface area contributed by atoms with Gasteiger partial charge in [-0.2, -0.15) is 0 Å². The van der Waals surface area contributed by atoms with Crippen LogP contribution in [-0.2, 0) is 6.42 Å². The third-order valence-corrected chi connectivity index (χ3v) is 5.50. The minimum atomic E-state index is -0.280. The van der Waals surface area contributed by atoms with Crippen molar-refractivity contribution in [2.75, 3.05) is 13.3 Å². The summed E-state index contributed by atoms with van der Waals surface area (Å²) in [5.74, 6) is 0.788. The molecule has 4 rings (SSSR count). The highest BCUT2D eigenvalue weighted by Crippen LogP contribution is 2.32. The number of aromatic nitrogens is 1. The smallest absolute Gasteiger partial charge is 0.251 e. The molecule has 0 fully saturated rings. The number of hydrogen-bond acceptors (Lipinski definition) is 5. The average Bonchev–Trinajstić information content (AvgIpc) is 3.27. The zero-order valence-electron chi connectivity index (χ0n) is 14.6. The largest absolute Gasteiger partial charge is 0.454 e. The Kier molecular flexibility index (Phi) is 4.77. The molecule has 0 saturated carbocycles. The van der Waals surface area contributed by atoms with E-state index in [0.717, 1.165) is 21.1 Å². The Morgan fingerprint density at radius 3 is 2.93 bits per heavy atom. The summed E-state index contributed by atoms with van der Waals surface area (Å²) in [6.45, 7) is 2.59. The Bertz CT molecular complexity index is 1000. The number of halogens is 1. The van der Waals surface area contributed by atoms with Crippen LogP contribution in [0.4, 0.5) is 4.39 Å². The minimum absolute atomic E-state index is 0.166. The van der Waals surface area contributed by atoms with E-state index in [0.29, 0.717) is 30.0 Å². The van der Waals surface area contributed by atoms with Gasteiger partial charge in [0.25, 0.3) is 5.91 Å². The number of benzene rings is 2. The number of thiazole rings is 1. The number of nitrogens with one attached hydrogen (secondary N) is 1. The zero-order valence-corrected chi connectivity index (χ0v) is 15.4. The molecule has 2 heterocycles. The second kappa shape index (κ2) is 7.36. The molecule has 1 N–H and O–H groups in total. The standard InChI is InChI=1S/C20H17FN2O3S/c1-12-18(27-20(23-12)14-3-2-4-15(21)9-14)7-8-22-19(24)13-5-6-16-17(10-13)26-11-25-16/h2-6,9-10H,7-8,11H2,1H3,(H,22,24). The van der Waals surface area contributed by atoms with E-state index in [-0.39, 0.29) is 18.5 Å². The van der Waals surface area contributed by atoms with E-state index in [1.165, 1.54) is 23.5 Å². The maximum atomic E-state index is 13.4. The van der Waals surface area contributed by atoms with E-state index < -0.39 is 0 Å². The van der Waals surface area contributed by atoms with E-state index in [2.05, 4.69) is 10.3 Å². The first-order chi connectivity index (χ1) is 13.1. The van der Waals surface area contributed by atoms with Gasteiger partial charge in [-0.1, -0.05) is 12.1 Å². The van der Waals surface area contributed by atoms with Crippen molar-refractivity contribution in [3.63, 3.8) is 0 Å². The maximum absolute atomic E-state index is 13.4. The van der Waals surface area contributed by atoms with Crippen LogP contribution in [0.15, 0.2) is 42.5 Å². The first-order valence-corrected chi connectivity index (χ1v) is 9.32. The van der Waals surface area contributed by atoms with Crippen molar-refractivity contribution in [1.82, 2.24) is 10.3 Å². The van der Waals surface area contributed by atoms with E-state index in [4.69, 9.17) is 9.47 Å². The van der Waals surface area contributed by atoms with Gasteiger partial charge in [-0.15, -0.1) is 11.3 Å². The summed E-state index contributed by atoms with van der Waals surface area (Å²) in [4.78, 5) is 17.9.